The van der Waals surface area contributed by atoms with Crippen LogP contribution in [0, 0.1) is 0 Å². The fourth-order valence-corrected chi connectivity index (χ4v) is 7.07. The molecule has 14 nitrogen and oxygen atoms in total. The predicted octanol–water partition coefficient (Wildman–Crippen LogP) is 11.6. The second-order valence-corrected chi connectivity index (χ2v) is 18.4. The number of benzene rings is 2. The van der Waals surface area contributed by atoms with E-state index in [2.05, 4.69) is 20.6 Å². The largest absolute Gasteiger partial charge is 0.490 e. The van der Waals surface area contributed by atoms with Crippen molar-refractivity contribution < 1.29 is 64.5 Å². The first-order valence-electron chi connectivity index (χ1n) is 21.2. The number of pyridine rings is 2. The zero-order valence-electron chi connectivity index (χ0n) is 37.8. The van der Waals surface area contributed by atoms with Crippen LogP contribution in [0.4, 0.5) is 47.3 Å². The summed E-state index contributed by atoms with van der Waals surface area (Å²) < 4.78 is 103. The summed E-state index contributed by atoms with van der Waals surface area (Å²) in [6.07, 6.45) is -6.52. The van der Waals surface area contributed by atoms with Gasteiger partial charge in [-0.2, -0.15) is 26.3 Å². The Morgan fingerprint density at radius 1 is 0.574 bits per heavy atom. The van der Waals surface area contributed by atoms with E-state index in [0.717, 1.165) is 24.3 Å². The Bertz CT molecular complexity index is 2260. The van der Waals surface area contributed by atoms with Crippen LogP contribution < -0.4 is 20.1 Å². The van der Waals surface area contributed by atoms with Crippen LogP contribution in [0.25, 0.3) is 0 Å². The van der Waals surface area contributed by atoms with E-state index in [1.807, 2.05) is 0 Å². The van der Waals surface area contributed by atoms with Crippen LogP contribution in [0.2, 0.25) is 10.3 Å². The highest BCUT2D eigenvalue weighted by Gasteiger charge is 2.35. The van der Waals surface area contributed by atoms with Crippen LogP contribution in [-0.2, 0) is 21.8 Å². The van der Waals surface area contributed by atoms with Crippen LogP contribution in [0.5, 0.6) is 11.5 Å². The van der Waals surface area contributed by atoms with Gasteiger partial charge < -0.3 is 39.4 Å². The molecule has 4 amide bonds. The van der Waals surface area contributed by atoms with Crippen LogP contribution in [0.15, 0.2) is 73.1 Å². The van der Waals surface area contributed by atoms with Gasteiger partial charge in [-0.15, -0.1) is 0 Å². The van der Waals surface area contributed by atoms with E-state index < -0.39 is 70.9 Å². The Kier molecular flexibility index (Phi) is 17.1. The van der Waals surface area contributed by atoms with Crippen molar-refractivity contribution in [2.75, 3.05) is 36.8 Å². The number of carbonyl (C=O) groups is 4. The fraction of sp³-hybridized carbons (Fsp3) is 0.435. The highest BCUT2D eigenvalue weighted by atomic mass is 35.5. The lowest BCUT2D eigenvalue weighted by atomic mass is 10.1. The van der Waals surface area contributed by atoms with Gasteiger partial charge in [-0.1, -0.05) is 23.2 Å². The summed E-state index contributed by atoms with van der Waals surface area (Å²) in [5.41, 5.74) is -3.32. The van der Waals surface area contributed by atoms with Crippen molar-refractivity contribution in [2.24, 2.45) is 0 Å². The smallest absolute Gasteiger partial charge is 0.416 e. The number of anilines is 2. The number of likely N-dealkylation sites (tertiary alicyclic amines) is 2. The Morgan fingerprint density at radius 3 is 1.21 bits per heavy atom. The number of alkyl halides is 6. The maximum absolute atomic E-state index is 13.5. The van der Waals surface area contributed by atoms with Crippen molar-refractivity contribution >= 4 is 58.6 Å². The highest BCUT2D eigenvalue weighted by molar-refractivity contribution is 6.33. The third-order valence-electron chi connectivity index (χ3n) is 9.78. The summed E-state index contributed by atoms with van der Waals surface area (Å²) in [5, 5.41) is 4.70. The molecule has 6 rings (SSSR count). The molecule has 2 aliphatic heterocycles. The average Bonchev–Trinajstić information content (AvgIpc) is 3.22. The van der Waals surface area contributed by atoms with Crippen molar-refractivity contribution in [3.05, 3.63) is 106 Å². The summed E-state index contributed by atoms with van der Waals surface area (Å²) in [5.74, 6) is -1.49. The van der Waals surface area contributed by atoms with Gasteiger partial charge in [0.1, 0.15) is 45.2 Å². The zero-order chi connectivity index (χ0) is 50.2. The maximum Gasteiger partial charge on any atom is 0.416 e. The first-order chi connectivity index (χ1) is 31.6. The average molecular weight is 1000 g/mol. The Hall–Kier alpha value is -6.02. The van der Waals surface area contributed by atoms with Gasteiger partial charge in [0, 0.05) is 87.8 Å². The number of nitrogens with zero attached hydrogens (tertiary/aromatic N) is 4. The minimum absolute atomic E-state index is 0.0264. The van der Waals surface area contributed by atoms with Crippen molar-refractivity contribution in [1.82, 2.24) is 19.8 Å². The molecule has 0 radical (unpaired) electrons. The number of piperidine rings is 2. The standard InChI is InChI=1S/2C23H25ClF3N3O4/c2*1-22(2,3)34-21(32)30-9-6-16(7-10-30)33-17-12-14(23(25,26)27)11-15(13-17)29-20(31)18-5-4-8-28-19(18)24/h2*4-5,8,11-13,16H,6-7,9-10H2,1-3H3,(H,29,31). The maximum atomic E-state index is 13.5. The molecular formula is C46H50Cl2F6N6O8. The number of hydrogen-bond acceptors (Lipinski definition) is 10. The molecule has 0 spiro atoms. The highest BCUT2D eigenvalue weighted by Crippen LogP contribution is 2.37. The summed E-state index contributed by atoms with van der Waals surface area (Å²) in [6.45, 7) is 12.0. The molecule has 68 heavy (non-hydrogen) atoms. The van der Waals surface area contributed by atoms with Crippen molar-refractivity contribution in [2.45, 2.75) is 103 Å². The first kappa shape index (κ1) is 52.9. The molecule has 0 atom stereocenters. The Balaban J connectivity index is 0.000000254. The molecule has 2 saturated heterocycles. The number of ether oxygens (including phenoxy) is 4. The van der Waals surface area contributed by atoms with Crippen LogP contribution in [0.1, 0.15) is 99.1 Å². The van der Waals surface area contributed by atoms with E-state index in [1.54, 1.807) is 51.3 Å². The van der Waals surface area contributed by atoms with Crippen molar-refractivity contribution in [3.8, 4) is 11.5 Å². The van der Waals surface area contributed by atoms with Gasteiger partial charge >= 0.3 is 24.5 Å². The topological polar surface area (TPSA) is 162 Å². The van der Waals surface area contributed by atoms with Crippen LogP contribution in [0.3, 0.4) is 0 Å². The fourth-order valence-electron chi connectivity index (χ4n) is 6.66. The van der Waals surface area contributed by atoms with Crippen LogP contribution in [-0.4, -0.2) is 93.4 Å². The molecule has 4 aromatic rings. The lowest BCUT2D eigenvalue weighted by Crippen LogP contribution is -2.44. The van der Waals surface area contributed by atoms with Gasteiger partial charge in [-0.3, -0.25) is 9.59 Å². The van der Waals surface area contributed by atoms with Crippen LogP contribution >= 0.6 is 23.2 Å². The quantitative estimate of drug-likeness (QED) is 0.128. The number of carbonyl (C=O) groups excluding carboxylic acids is 4. The second-order valence-electron chi connectivity index (χ2n) is 17.6. The molecule has 0 unspecified atom stereocenters. The summed E-state index contributed by atoms with van der Waals surface area (Å²) in [6, 6.07) is 11.8. The van der Waals surface area contributed by atoms with Gasteiger partial charge in [-0.25, -0.2) is 19.6 Å². The number of halogens is 8. The summed E-state index contributed by atoms with van der Waals surface area (Å²) in [4.78, 5) is 60.1. The monoisotopic (exact) mass is 998 g/mol. The van der Waals surface area contributed by atoms with Crippen molar-refractivity contribution in [1.29, 1.82) is 0 Å². The molecule has 368 valence electrons. The lowest BCUT2D eigenvalue weighted by molar-refractivity contribution is -0.138. The van der Waals surface area contributed by atoms with E-state index >= 15 is 0 Å². The molecule has 2 N–H and O–H groups in total. The normalized spacial score (nSPS) is 15.1. The predicted molar refractivity (Wildman–Crippen MR) is 240 cm³/mol. The molecule has 2 aromatic carbocycles. The number of rotatable bonds is 8. The van der Waals surface area contributed by atoms with E-state index in [9.17, 15) is 45.5 Å². The number of hydrogen-bond donors (Lipinski definition) is 2. The van der Waals surface area contributed by atoms with Gasteiger partial charge in [0.2, 0.25) is 0 Å². The molecule has 0 aliphatic carbocycles. The van der Waals surface area contributed by atoms with Gasteiger partial charge in [0.15, 0.2) is 0 Å². The molecule has 2 aliphatic rings. The Morgan fingerprint density at radius 2 is 0.912 bits per heavy atom. The number of nitrogens with one attached hydrogen (secondary N) is 2. The van der Waals surface area contributed by atoms with Gasteiger partial charge in [0.05, 0.1) is 22.3 Å². The first-order valence-corrected chi connectivity index (χ1v) is 22.0. The second kappa shape index (κ2) is 21.9. The minimum atomic E-state index is -4.65. The van der Waals surface area contributed by atoms with E-state index in [4.69, 9.17) is 42.1 Å². The molecule has 2 aromatic heterocycles. The SMILES string of the molecule is CC(C)(C)OC(=O)N1CCC(Oc2cc(NC(=O)c3cccnc3Cl)cc(C(F)(F)F)c2)CC1.CC(C)(C)OC(=O)N1CCC(Oc2cc(NC(=O)c3cccnc3Cl)cc(C(F)(F)F)c2)CC1. The third kappa shape index (κ3) is 16.1. The third-order valence-corrected chi connectivity index (χ3v) is 10.4. The molecule has 2 fully saturated rings. The van der Waals surface area contributed by atoms with E-state index in [1.165, 1.54) is 48.8 Å². The number of amides is 4. The number of aromatic nitrogens is 2. The van der Waals surface area contributed by atoms with Gasteiger partial charge in [0.25, 0.3) is 11.8 Å². The van der Waals surface area contributed by atoms with Crippen molar-refractivity contribution in [3.63, 3.8) is 0 Å². The van der Waals surface area contributed by atoms with Gasteiger partial charge in [-0.05, 0) is 90.1 Å². The zero-order valence-corrected chi connectivity index (χ0v) is 39.3. The molecular weight excluding hydrogens is 949 g/mol. The summed E-state index contributed by atoms with van der Waals surface area (Å²) in [7, 11) is 0. The molecule has 0 saturated carbocycles. The molecule has 4 heterocycles. The molecule has 22 heteroatoms. The Labute approximate surface area is 398 Å². The summed E-state index contributed by atoms with van der Waals surface area (Å²) >= 11 is 11.8. The van der Waals surface area contributed by atoms with E-state index in [-0.39, 0.29) is 44.3 Å². The lowest BCUT2D eigenvalue weighted by Gasteiger charge is -2.33. The van der Waals surface area contributed by atoms with E-state index in [0.29, 0.717) is 51.9 Å². The minimum Gasteiger partial charge on any atom is -0.490 e. The molecule has 0 bridgehead atoms.